The molecular weight excluding hydrogens is 286 g/mol. The summed E-state index contributed by atoms with van der Waals surface area (Å²) >= 11 is 0. The molecule has 0 radical (unpaired) electrons. The van der Waals surface area contributed by atoms with E-state index in [9.17, 15) is 18.0 Å². The van der Waals surface area contributed by atoms with Crippen LogP contribution in [0.5, 0.6) is 0 Å². The fourth-order valence-corrected chi connectivity index (χ4v) is 1.70. The molecule has 0 aliphatic rings. The smallest absolute Gasteiger partial charge is 0.331 e. The summed E-state index contributed by atoms with van der Waals surface area (Å²) in [4.78, 5) is 22.0. The maximum absolute atomic E-state index is 11.0. The first-order chi connectivity index (χ1) is 9.19. The van der Waals surface area contributed by atoms with E-state index in [4.69, 9.17) is 14.9 Å². The second kappa shape index (κ2) is 8.04. The number of carbonyl (C=O) groups is 2. The topological polar surface area (TPSA) is 133 Å². The molecule has 0 bridgehead atoms. The van der Waals surface area contributed by atoms with Gasteiger partial charge in [0.1, 0.15) is 0 Å². The van der Waals surface area contributed by atoms with Gasteiger partial charge >= 0.3 is 5.97 Å². The third-order valence-corrected chi connectivity index (χ3v) is 2.89. The first kappa shape index (κ1) is 17.8. The molecule has 8 heteroatoms. The summed E-state index contributed by atoms with van der Waals surface area (Å²) in [5, 5.41) is 17.7. The van der Waals surface area contributed by atoms with Crippen molar-refractivity contribution in [3.05, 3.63) is 36.0 Å². The molecule has 0 spiro atoms. The predicted octanol–water partition coefficient (Wildman–Crippen LogP) is 0.870. The monoisotopic (exact) mass is 299 g/mol. The predicted molar refractivity (Wildman–Crippen MR) is 70.3 cm³/mol. The van der Waals surface area contributed by atoms with E-state index in [1.54, 1.807) is 6.07 Å². The van der Waals surface area contributed by atoms with Crippen LogP contribution in [-0.2, 0) is 19.7 Å². The molecule has 0 saturated heterocycles. The molecule has 2 N–H and O–H groups in total. The number of nitriles is 1. The van der Waals surface area contributed by atoms with E-state index in [-0.39, 0.29) is 24.0 Å². The van der Waals surface area contributed by atoms with Gasteiger partial charge < -0.3 is 5.11 Å². The summed E-state index contributed by atoms with van der Waals surface area (Å²) in [5.74, 6) is -2.48. The van der Waals surface area contributed by atoms with Crippen molar-refractivity contribution in [1.82, 2.24) is 0 Å². The van der Waals surface area contributed by atoms with E-state index in [0.717, 1.165) is 18.2 Å². The number of carbonyl (C=O) groups excluding carboxylic acids is 1. The van der Waals surface area contributed by atoms with Gasteiger partial charge in [-0.3, -0.25) is 9.35 Å². The lowest BCUT2D eigenvalue weighted by atomic mass is 10.1. The van der Waals surface area contributed by atoms with Gasteiger partial charge in [0.25, 0.3) is 10.1 Å². The summed E-state index contributed by atoms with van der Waals surface area (Å²) in [6.45, 7) is 3.20. The quantitative estimate of drug-likeness (QED) is 0.294. The number of ketones is 1. The molecule has 0 heterocycles. The largest absolute Gasteiger partial charge is 0.478 e. The van der Waals surface area contributed by atoms with Crippen LogP contribution in [-0.4, -0.2) is 35.6 Å². The van der Waals surface area contributed by atoms with Crippen molar-refractivity contribution in [3.63, 3.8) is 0 Å². The average molecular weight is 299 g/mol. The Hall–Kier alpha value is -2.24. The highest BCUT2D eigenvalue weighted by atomic mass is 32.2. The number of hydrogen-bond donors (Lipinski definition) is 2. The van der Waals surface area contributed by atoms with Crippen molar-refractivity contribution in [2.75, 3.05) is 5.75 Å². The minimum Gasteiger partial charge on any atom is -0.478 e. The first-order valence-corrected chi connectivity index (χ1v) is 6.97. The summed E-state index contributed by atoms with van der Waals surface area (Å²) in [5.41, 5.74) is -0.419. The maximum Gasteiger partial charge on any atom is 0.331 e. The Morgan fingerprint density at radius 2 is 1.90 bits per heavy atom. The Labute approximate surface area is 116 Å². The lowest BCUT2D eigenvalue weighted by Gasteiger charge is -2.01. The third-order valence-electron chi connectivity index (χ3n) is 2.08. The molecule has 0 amide bonds. The molecule has 0 aromatic rings. The van der Waals surface area contributed by atoms with Gasteiger partial charge in [0.05, 0.1) is 17.4 Å². The second-order valence-corrected chi connectivity index (χ2v) is 5.25. The molecule has 0 aliphatic heterocycles. The van der Waals surface area contributed by atoms with Crippen molar-refractivity contribution < 1.29 is 27.7 Å². The maximum atomic E-state index is 11.0. The minimum absolute atomic E-state index is 0.120. The van der Waals surface area contributed by atoms with E-state index < -0.39 is 27.6 Å². The van der Waals surface area contributed by atoms with Gasteiger partial charge in [-0.15, -0.1) is 0 Å². The molecule has 0 atom stereocenters. The summed E-state index contributed by atoms with van der Waals surface area (Å²) in [6, 6.07) is 1.64. The van der Waals surface area contributed by atoms with Gasteiger partial charge in [0.2, 0.25) is 0 Å². The Morgan fingerprint density at radius 1 is 1.30 bits per heavy atom. The standard InChI is InChI=1S/C12H13NO6S/c1-2-11(14)7-9(8-13)6-10(12(15)16)4-3-5-20(17,18)19/h2,6-7H,1,3-5H2,(H,15,16)(H,17,18,19). The van der Waals surface area contributed by atoms with Gasteiger partial charge in [0.15, 0.2) is 5.78 Å². The highest BCUT2D eigenvalue weighted by Gasteiger charge is 2.11. The molecule has 0 unspecified atom stereocenters. The van der Waals surface area contributed by atoms with Crippen LogP contribution in [0.3, 0.4) is 0 Å². The highest BCUT2D eigenvalue weighted by Crippen LogP contribution is 2.11. The Kier molecular flexibility index (Phi) is 7.14. The fourth-order valence-electron chi connectivity index (χ4n) is 1.19. The molecule has 0 aliphatic carbocycles. The van der Waals surface area contributed by atoms with E-state index in [1.807, 2.05) is 0 Å². The van der Waals surface area contributed by atoms with Crippen LogP contribution >= 0.6 is 0 Å². The fraction of sp³-hybridized carbons (Fsp3) is 0.250. The number of rotatable bonds is 8. The molecule has 7 nitrogen and oxygen atoms in total. The molecule has 0 fully saturated rings. The Bertz CT molecular complexity index is 606. The van der Waals surface area contributed by atoms with Crippen LogP contribution in [0, 0.1) is 11.3 Å². The lowest BCUT2D eigenvalue weighted by molar-refractivity contribution is -0.132. The van der Waals surface area contributed by atoms with Crippen LogP contribution < -0.4 is 0 Å². The second-order valence-electron chi connectivity index (χ2n) is 3.68. The zero-order chi connectivity index (χ0) is 15.8. The molecule has 20 heavy (non-hydrogen) atoms. The lowest BCUT2D eigenvalue weighted by Crippen LogP contribution is -2.07. The van der Waals surface area contributed by atoms with Crippen LogP contribution in [0.15, 0.2) is 36.0 Å². The van der Waals surface area contributed by atoms with Crippen molar-refractivity contribution >= 4 is 21.9 Å². The Morgan fingerprint density at radius 3 is 2.30 bits per heavy atom. The SMILES string of the molecule is C=CC(=O)C=C(C#N)C=C(CCCS(=O)(=O)O)C(=O)O. The number of allylic oxidation sites excluding steroid dienone is 4. The van der Waals surface area contributed by atoms with Gasteiger partial charge in [-0.1, -0.05) is 6.58 Å². The summed E-state index contributed by atoms with van der Waals surface area (Å²) < 4.78 is 29.6. The van der Waals surface area contributed by atoms with Gasteiger partial charge in [0, 0.05) is 11.6 Å². The zero-order valence-electron chi connectivity index (χ0n) is 10.4. The number of carboxylic acids is 1. The highest BCUT2D eigenvalue weighted by molar-refractivity contribution is 7.85. The van der Waals surface area contributed by atoms with Crippen LogP contribution in [0.25, 0.3) is 0 Å². The van der Waals surface area contributed by atoms with E-state index in [2.05, 4.69) is 6.58 Å². The molecular formula is C12H13NO6S. The van der Waals surface area contributed by atoms with Gasteiger partial charge in [-0.2, -0.15) is 13.7 Å². The first-order valence-electron chi connectivity index (χ1n) is 5.37. The minimum atomic E-state index is -4.17. The number of hydrogen-bond acceptors (Lipinski definition) is 5. The summed E-state index contributed by atoms with van der Waals surface area (Å²) in [6.07, 6.45) is 2.57. The van der Waals surface area contributed by atoms with Crippen molar-refractivity contribution in [1.29, 1.82) is 5.26 Å². The average Bonchev–Trinajstić information content (AvgIpc) is 2.34. The molecule has 0 aromatic heterocycles. The van der Waals surface area contributed by atoms with Gasteiger partial charge in [-0.25, -0.2) is 4.79 Å². The van der Waals surface area contributed by atoms with E-state index in [0.29, 0.717) is 0 Å². The number of carboxylic acid groups (broad SMARTS) is 1. The molecule has 0 aromatic carbocycles. The molecule has 108 valence electrons. The van der Waals surface area contributed by atoms with Crippen molar-refractivity contribution in [3.8, 4) is 6.07 Å². The number of nitrogens with zero attached hydrogens (tertiary/aromatic N) is 1. The van der Waals surface area contributed by atoms with Crippen molar-refractivity contribution in [2.45, 2.75) is 12.8 Å². The molecule has 0 saturated carbocycles. The summed E-state index contributed by atoms with van der Waals surface area (Å²) in [7, 11) is -4.17. The van der Waals surface area contributed by atoms with E-state index >= 15 is 0 Å². The molecule has 0 rings (SSSR count). The normalized spacial score (nSPS) is 12.6. The number of aliphatic carboxylic acids is 1. The third kappa shape index (κ3) is 7.97. The Balaban J connectivity index is 5.08. The van der Waals surface area contributed by atoms with Crippen LogP contribution in [0.1, 0.15) is 12.8 Å². The van der Waals surface area contributed by atoms with Gasteiger partial charge in [-0.05, 0) is 25.0 Å². The van der Waals surface area contributed by atoms with Crippen molar-refractivity contribution in [2.24, 2.45) is 0 Å². The van der Waals surface area contributed by atoms with E-state index in [1.165, 1.54) is 0 Å². The zero-order valence-corrected chi connectivity index (χ0v) is 11.3. The van der Waals surface area contributed by atoms with Crippen LogP contribution in [0.2, 0.25) is 0 Å². The van der Waals surface area contributed by atoms with Crippen LogP contribution in [0.4, 0.5) is 0 Å².